The third kappa shape index (κ3) is 3.63. The molecule has 0 fully saturated rings. The van der Waals surface area contributed by atoms with Crippen LogP contribution in [-0.2, 0) is 11.3 Å². The van der Waals surface area contributed by atoms with Crippen molar-refractivity contribution in [3.05, 3.63) is 107 Å². The quantitative estimate of drug-likeness (QED) is 0.440. The predicted octanol–water partition coefficient (Wildman–Crippen LogP) is 4.61. The van der Waals surface area contributed by atoms with Gasteiger partial charge in [0.25, 0.3) is 5.91 Å². The first-order valence-corrected chi connectivity index (χ1v) is 10.4. The molecule has 2 aromatic carbocycles. The molecule has 0 bridgehead atoms. The van der Waals surface area contributed by atoms with E-state index in [4.69, 9.17) is 9.15 Å². The first kappa shape index (κ1) is 20.5. The van der Waals surface area contributed by atoms with Gasteiger partial charge in [-0.05, 0) is 41.5 Å². The van der Waals surface area contributed by atoms with Crippen LogP contribution in [0.5, 0.6) is 5.75 Å². The minimum absolute atomic E-state index is 0.0325. The van der Waals surface area contributed by atoms with E-state index in [-0.39, 0.29) is 17.9 Å². The van der Waals surface area contributed by atoms with E-state index in [1.165, 1.54) is 4.90 Å². The Bertz CT molecular complexity index is 1360. The number of furan rings is 1. The van der Waals surface area contributed by atoms with E-state index in [1.54, 1.807) is 49.8 Å². The first-order valence-electron chi connectivity index (χ1n) is 10.4. The summed E-state index contributed by atoms with van der Waals surface area (Å²) in [6, 6.07) is 18.8. The van der Waals surface area contributed by atoms with Crippen molar-refractivity contribution in [2.24, 2.45) is 0 Å². The third-order valence-electron chi connectivity index (χ3n) is 5.68. The number of ether oxygens (including phenoxy) is 1. The number of para-hydroxylation sites is 1. The Morgan fingerprint density at radius 2 is 1.97 bits per heavy atom. The molecule has 1 unspecified atom stereocenters. The SMILES string of the molecule is COc1cccc(CN2C(=O)C(O)=C(C(=O)c3cc4ccccc4o3)C2c2cccnc2)c1. The fourth-order valence-corrected chi connectivity index (χ4v) is 4.13. The molecule has 1 N–H and O–H groups in total. The summed E-state index contributed by atoms with van der Waals surface area (Å²) < 4.78 is 11.0. The highest BCUT2D eigenvalue weighted by molar-refractivity contribution is 6.15. The Morgan fingerprint density at radius 3 is 2.73 bits per heavy atom. The second kappa shape index (κ2) is 8.27. The predicted molar refractivity (Wildman–Crippen MR) is 121 cm³/mol. The molecule has 0 radical (unpaired) electrons. The van der Waals surface area contributed by atoms with E-state index >= 15 is 0 Å². The number of aromatic nitrogens is 1. The molecule has 7 nitrogen and oxygen atoms in total. The lowest BCUT2D eigenvalue weighted by Crippen LogP contribution is -2.30. The molecule has 0 saturated heterocycles. The molecule has 0 spiro atoms. The topological polar surface area (TPSA) is 92.9 Å². The Hall–Kier alpha value is -4.39. The lowest BCUT2D eigenvalue weighted by Gasteiger charge is -2.26. The van der Waals surface area contributed by atoms with Crippen LogP contribution in [0.25, 0.3) is 11.0 Å². The number of ketones is 1. The van der Waals surface area contributed by atoms with Gasteiger partial charge in [0.15, 0.2) is 11.5 Å². The molecule has 1 amide bonds. The number of Topliss-reactive ketones (excluding diaryl/α,β-unsaturated/α-hetero) is 1. The number of carbonyl (C=O) groups excluding carboxylic acids is 2. The summed E-state index contributed by atoms with van der Waals surface area (Å²) >= 11 is 0. The third-order valence-corrected chi connectivity index (χ3v) is 5.68. The number of benzene rings is 2. The van der Waals surface area contributed by atoms with Crippen LogP contribution in [0.15, 0.2) is 94.9 Å². The van der Waals surface area contributed by atoms with Gasteiger partial charge < -0.3 is 19.2 Å². The highest BCUT2D eigenvalue weighted by atomic mass is 16.5. The number of hydrogen-bond donors (Lipinski definition) is 1. The van der Waals surface area contributed by atoms with Crippen LogP contribution in [-0.4, -0.2) is 33.8 Å². The van der Waals surface area contributed by atoms with E-state index in [1.807, 2.05) is 36.4 Å². The number of aliphatic hydroxyl groups excluding tert-OH is 1. The van der Waals surface area contributed by atoms with Gasteiger partial charge in [0.2, 0.25) is 5.78 Å². The second-order valence-electron chi connectivity index (χ2n) is 7.71. The molecule has 5 rings (SSSR count). The number of amides is 1. The maximum atomic E-state index is 13.5. The van der Waals surface area contributed by atoms with Crippen molar-refractivity contribution in [3.63, 3.8) is 0 Å². The summed E-state index contributed by atoms with van der Waals surface area (Å²) in [5.74, 6) is -1.06. The van der Waals surface area contributed by atoms with Crippen LogP contribution in [0.1, 0.15) is 27.7 Å². The van der Waals surface area contributed by atoms with Gasteiger partial charge in [-0.3, -0.25) is 14.6 Å². The van der Waals surface area contributed by atoms with Crippen LogP contribution in [0.3, 0.4) is 0 Å². The van der Waals surface area contributed by atoms with Gasteiger partial charge in [-0.15, -0.1) is 0 Å². The number of fused-ring (bicyclic) bond motifs is 1. The average Bonchev–Trinajstić information content (AvgIpc) is 3.39. The average molecular weight is 440 g/mol. The highest BCUT2D eigenvalue weighted by Gasteiger charge is 2.44. The molecular weight excluding hydrogens is 420 g/mol. The number of carbonyl (C=O) groups is 2. The van der Waals surface area contributed by atoms with Crippen LogP contribution in [0, 0.1) is 0 Å². The van der Waals surface area contributed by atoms with Gasteiger partial charge in [0.05, 0.1) is 18.7 Å². The van der Waals surface area contributed by atoms with Gasteiger partial charge in [0, 0.05) is 24.3 Å². The van der Waals surface area contributed by atoms with Crippen LogP contribution >= 0.6 is 0 Å². The molecule has 2 aromatic heterocycles. The number of aliphatic hydroxyl groups is 1. The Labute approximate surface area is 189 Å². The van der Waals surface area contributed by atoms with Crippen LogP contribution in [0.2, 0.25) is 0 Å². The largest absolute Gasteiger partial charge is 0.503 e. The van der Waals surface area contributed by atoms with E-state index < -0.39 is 23.5 Å². The van der Waals surface area contributed by atoms with E-state index in [2.05, 4.69) is 4.98 Å². The Kier molecular flexibility index (Phi) is 5.14. The van der Waals surface area contributed by atoms with Gasteiger partial charge in [-0.1, -0.05) is 36.4 Å². The number of nitrogens with zero attached hydrogens (tertiary/aromatic N) is 2. The van der Waals surface area contributed by atoms with Crippen molar-refractivity contribution < 1.29 is 23.8 Å². The standard InChI is InChI=1S/C26H20N2O5/c1-32-19-9-4-6-16(12-19)15-28-23(18-8-5-11-27-14-18)22(25(30)26(28)31)24(29)21-13-17-7-2-3-10-20(17)33-21/h2-14,23,30H,15H2,1H3. The minimum atomic E-state index is -0.821. The second-order valence-corrected chi connectivity index (χ2v) is 7.71. The van der Waals surface area contributed by atoms with Crippen molar-refractivity contribution >= 4 is 22.7 Å². The molecular formula is C26H20N2O5. The number of pyridine rings is 1. The molecule has 0 saturated carbocycles. The Balaban J connectivity index is 1.58. The smallest absolute Gasteiger partial charge is 0.290 e. The van der Waals surface area contributed by atoms with E-state index in [0.29, 0.717) is 16.9 Å². The van der Waals surface area contributed by atoms with Gasteiger partial charge in [0.1, 0.15) is 11.3 Å². The summed E-state index contributed by atoms with van der Waals surface area (Å²) in [4.78, 5) is 32.3. The normalized spacial score (nSPS) is 16.0. The number of rotatable bonds is 6. The van der Waals surface area contributed by atoms with Gasteiger partial charge in [-0.2, -0.15) is 0 Å². The fourth-order valence-electron chi connectivity index (χ4n) is 4.13. The van der Waals surface area contributed by atoms with Gasteiger partial charge >= 0.3 is 0 Å². The van der Waals surface area contributed by atoms with Crippen LogP contribution in [0.4, 0.5) is 0 Å². The maximum absolute atomic E-state index is 13.5. The fraction of sp³-hybridized carbons (Fsp3) is 0.115. The lowest BCUT2D eigenvalue weighted by molar-refractivity contribution is -0.130. The lowest BCUT2D eigenvalue weighted by atomic mass is 9.96. The van der Waals surface area contributed by atoms with E-state index in [9.17, 15) is 14.7 Å². The summed E-state index contributed by atoms with van der Waals surface area (Å²) in [7, 11) is 1.57. The van der Waals surface area contributed by atoms with Crippen LogP contribution < -0.4 is 4.74 Å². The van der Waals surface area contributed by atoms with Crippen molar-refractivity contribution in [2.75, 3.05) is 7.11 Å². The molecule has 164 valence electrons. The zero-order valence-corrected chi connectivity index (χ0v) is 17.8. The van der Waals surface area contributed by atoms with Crippen molar-refractivity contribution in [2.45, 2.75) is 12.6 Å². The van der Waals surface area contributed by atoms with Crippen molar-refractivity contribution in [3.8, 4) is 5.75 Å². The molecule has 4 aromatic rings. The van der Waals surface area contributed by atoms with Gasteiger partial charge in [-0.25, -0.2) is 0 Å². The summed E-state index contributed by atoms with van der Waals surface area (Å²) in [5, 5.41) is 11.6. The summed E-state index contributed by atoms with van der Waals surface area (Å²) in [6.07, 6.45) is 3.19. The summed E-state index contributed by atoms with van der Waals surface area (Å²) in [6.45, 7) is 0.163. The summed E-state index contributed by atoms with van der Waals surface area (Å²) in [5.41, 5.74) is 1.92. The molecule has 1 atom stereocenters. The van der Waals surface area contributed by atoms with Crippen molar-refractivity contribution in [1.82, 2.24) is 9.88 Å². The minimum Gasteiger partial charge on any atom is -0.503 e. The molecule has 0 aliphatic carbocycles. The zero-order valence-electron chi connectivity index (χ0n) is 17.8. The van der Waals surface area contributed by atoms with E-state index in [0.717, 1.165) is 10.9 Å². The maximum Gasteiger partial charge on any atom is 0.290 e. The Morgan fingerprint density at radius 1 is 1.12 bits per heavy atom. The first-order chi connectivity index (χ1) is 16.1. The molecule has 3 heterocycles. The monoisotopic (exact) mass is 440 g/mol. The number of hydrogen-bond acceptors (Lipinski definition) is 6. The molecule has 1 aliphatic rings. The van der Waals surface area contributed by atoms with Crippen molar-refractivity contribution in [1.29, 1.82) is 0 Å². The highest BCUT2D eigenvalue weighted by Crippen LogP contribution is 2.40. The zero-order chi connectivity index (χ0) is 22.9. The molecule has 33 heavy (non-hydrogen) atoms. The molecule has 7 heteroatoms. The molecule has 1 aliphatic heterocycles. The number of methoxy groups -OCH3 is 1.